The molecule has 0 amide bonds. The Labute approximate surface area is 115 Å². The van der Waals surface area contributed by atoms with E-state index in [-0.39, 0.29) is 0 Å². The van der Waals surface area contributed by atoms with E-state index < -0.39 is 6.10 Å². The Balaban J connectivity index is 2.34. The van der Waals surface area contributed by atoms with Crippen LogP contribution in [0.5, 0.6) is 0 Å². The van der Waals surface area contributed by atoms with Gasteiger partial charge in [0.05, 0.1) is 11.9 Å². The maximum absolute atomic E-state index is 10.4. The quantitative estimate of drug-likeness (QED) is 0.945. The summed E-state index contributed by atoms with van der Waals surface area (Å²) in [5.74, 6) is 0. The van der Waals surface area contributed by atoms with Crippen LogP contribution in [0.25, 0.3) is 0 Å². The van der Waals surface area contributed by atoms with E-state index in [9.17, 15) is 5.11 Å². The summed E-state index contributed by atoms with van der Waals surface area (Å²) in [4.78, 5) is 0. The molecule has 1 aromatic carbocycles. The van der Waals surface area contributed by atoms with E-state index in [2.05, 4.69) is 33.2 Å². The molecule has 18 heavy (non-hydrogen) atoms. The number of aliphatic hydroxyl groups is 1. The van der Waals surface area contributed by atoms with Gasteiger partial charge in [-0.3, -0.25) is 0 Å². The molecule has 0 bridgehead atoms. The smallest absolute Gasteiger partial charge is 0.122 e. The fourth-order valence-corrected chi connectivity index (χ4v) is 2.58. The maximum Gasteiger partial charge on any atom is 0.122 e. The molecule has 0 saturated carbocycles. The van der Waals surface area contributed by atoms with Crippen molar-refractivity contribution < 1.29 is 5.11 Å². The highest BCUT2D eigenvalue weighted by Gasteiger charge is 2.16. The average molecular weight is 310 g/mol. The first-order valence-electron chi connectivity index (χ1n) is 5.95. The van der Waals surface area contributed by atoms with Crippen LogP contribution in [0.2, 0.25) is 0 Å². The molecule has 5 heteroatoms. The molecule has 0 saturated heterocycles. The SMILES string of the molecule is CCCn1nncc1C(O)c1cc(C)cc(Br)c1. The predicted octanol–water partition coefficient (Wildman–Crippen LogP) is 2.84. The third-order valence-corrected chi connectivity index (χ3v) is 3.20. The Morgan fingerprint density at radius 3 is 2.83 bits per heavy atom. The van der Waals surface area contributed by atoms with Crippen LogP contribution in [-0.2, 0) is 6.54 Å². The molecule has 0 radical (unpaired) electrons. The number of aliphatic hydroxyl groups excluding tert-OH is 1. The molecule has 1 aromatic heterocycles. The number of nitrogens with zero attached hydrogens (tertiary/aromatic N) is 3. The Morgan fingerprint density at radius 1 is 1.39 bits per heavy atom. The van der Waals surface area contributed by atoms with Gasteiger partial charge in [-0.15, -0.1) is 5.10 Å². The van der Waals surface area contributed by atoms with Crippen molar-refractivity contribution in [1.29, 1.82) is 0 Å². The number of hydrogen-bond acceptors (Lipinski definition) is 3. The van der Waals surface area contributed by atoms with Gasteiger partial charge in [0.1, 0.15) is 6.10 Å². The van der Waals surface area contributed by atoms with Crippen molar-refractivity contribution in [2.24, 2.45) is 0 Å². The molecule has 0 spiro atoms. The average Bonchev–Trinajstić information content (AvgIpc) is 2.75. The Morgan fingerprint density at radius 2 is 2.17 bits per heavy atom. The molecule has 1 N–H and O–H groups in total. The molecule has 0 aliphatic heterocycles. The monoisotopic (exact) mass is 309 g/mol. The topological polar surface area (TPSA) is 50.9 Å². The fraction of sp³-hybridized carbons (Fsp3) is 0.385. The van der Waals surface area contributed by atoms with E-state index in [0.717, 1.165) is 34.3 Å². The van der Waals surface area contributed by atoms with E-state index in [4.69, 9.17) is 0 Å². The van der Waals surface area contributed by atoms with Crippen LogP contribution in [-0.4, -0.2) is 20.1 Å². The molecule has 0 aliphatic carbocycles. The van der Waals surface area contributed by atoms with Gasteiger partial charge < -0.3 is 5.11 Å². The second kappa shape index (κ2) is 5.63. The molecule has 1 atom stereocenters. The Hall–Kier alpha value is -1.20. The number of aryl methyl sites for hydroxylation is 2. The molecule has 1 unspecified atom stereocenters. The summed E-state index contributed by atoms with van der Waals surface area (Å²) in [6.45, 7) is 4.84. The second-order valence-corrected chi connectivity index (χ2v) is 5.26. The molecule has 96 valence electrons. The minimum atomic E-state index is -0.692. The molecular weight excluding hydrogens is 294 g/mol. The van der Waals surface area contributed by atoms with E-state index in [1.807, 2.05) is 25.1 Å². The van der Waals surface area contributed by atoms with Gasteiger partial charge >= 0.3 is 0 Å². The van der Waals surface area contributed by atoms with Crippen LogP contribution < -0.4 is 0 Å². The van der Waals surface area contributed by atoms with Gasteiger partial charge in [0.2, 0.25) is 0 Å². The van der Waals surface area contributed by atoms with Crippen molar-refractivity contribution >= 4 is 15.9 Å². The summed E-state index contributed by atoms with van der Waals surface area (Å²) in [5.41, 5.74) is 2.68. The zero-order chi connectivity index (χ0) is 13.1. The summed E-state index contributed by atoms with van der Waals surface area (Å²) in [7, 11) is 0. The van der Waals surface area contributed by atoms with Gasteiger partial charge in [-0.05, 0) is 36.6 Å². The van der Waals surface area contributed by atoms with Gasteiger partial charge in [0.25, 0.3) is 0 Å². The highest BCUT2D eigenvalue weighted by Crippen LogP contribution is 2.25. The first kappa shape index (κ1) is 13.2. The second-order valence-electron chi connectivity index (χ2n) is 4.35. The summed E-state index contributed by atoms with van der Waals surface area (Å²) in [5, 5.41) is 18.3. The van der Waals surface area contributed by atoms with E-state index in [1.165, 1.54) is 0 Å². The van der Waals surface area contributed by atoms with E-state index in [1.54, 1.807) is 10.9 Å². The summed E-state index contributed by atoms with van der Waals surface area (Å²) < 4.78 is 2.71. The standard InChI is InChI=1S/C13H16BrN3O/c1-3-4-17-12(8-15-16-17)13(18)10-5-9(2)6-11(14)7-10/h5-8,13,18H,3-4H2,1-2H3. The minimum Gasteiger partial charge on any atom is -0.382 e. The van der Waals surface area contributed by atoms with Gasteiger partial charge in [0.15, 0.2) is 0 Å². The van der Waals surface area contributed by atoms with Gasteiger partial charge in [-0.1, -0.05) is 34.1 Å². The van der Waals surface area contributed by atoms with Crippen molar-refractivity contribution in [3.63, 3.8) is 0 Å². The number of aromatic nitrogens is 3. The zero-order valence-electron chi connectivity index (χ0n) is 10.5. The van der Waals surface area contributed by atoms with Crippen molar-refractivity contribution in [3.8, 4) is 0 Å². The molecular formula is C13H16BrN3O. The van der Waals surface area contributed by atoms with Crippen molar-refractivity contribution in [1.82, 2.24) is 15.0 Å². The van der Waals surface area contributed by atoms with Gasteiger partial charge in [-0.2, -0.15) is 0 Å². The van der Waals surface area contributed by atoms with Crippen LogP contribution in [0.4, 0.5) is 0 Å². The zero-order valence-corrected chi connectivity index (χ0v) is 12.1. The summed E-state index contributed by atoms with van der Waals surface area (Å²) >= 11 is 3.44. The largest absolute Gasteiger partial charge is 0.382 e. The van der Waals surface area contributed by atoms with Gasteiger partial charge in [-0.25, -0.2) is 4.68 Å². The number of benzene rings is 1. The Kier molecular flexibility index (Phi) is 4.14. The molecule has 0 aliphatic rings. The van der Waals surface area contributed by atoms with Crippen LogP contribution in [0.1, 0.15) is 36.3 Å². The van der Waals surface area contributed by atoms with Crippen LogP contribution >= 0.6 is 15.9 Å². The van der Waals surface area contributed by atoms with Crippen molar-refractivity contribution in [3.05, 3.63) is 45.7 Å². The third kappa shape index (κ3) is 2.79. The molecule has 2 aromatic rings. The van der Waals surface area contributed by atoms with Crippen molar-refractivity contribution in [2.45, 2.75) is 32.9 Å². The lowest BCUT2D eigenvalue weighted by molar-refractivity contribution is 0.207. The summed E-state index contributed by atoms with van der Waals surface area (Å²) in [6, 6.07) is 5.90. The molecule has 2 rings (SSSR count). The molecule has 1 heterocycles. The lowest BCUT2D eigenvalue weighted by atomic mass is 10.0. The highest BCUT2D eigenvalue weighted by molar-refractivity contribution is 9.10. The van der Waals surface area contributed by atoms with Crippen LogP contribution in [0.15, 0.2) is 28.9 Å². The first-order chi connectivity index (χ1) is 8.61. The highest BCUT2D eigenvalue weighted by atomic mass is 79.9. The maximum atomic E-state index is 10.4. The lowest BCUT2D eigenvalue weighted by Gasteiger charge is -2.13. The lowest BCUT2D eigenvalue weighted by Crippen LogP contribution is -2.10. The third-order valence-electron chi connectivity index (χ3n) is 2.74. The van der Waals surface area contributed by atoms with Gasteiger partial charge in [0, 0.05) is 11.0 Å². The van der Waals surface area contributed by atoms with E-state index in [0.29, 0.717) is 0 Å². The minimum absolute atomic E-state index is 0.692. The number of halogens is 1. The fourth-order valence-electron chi connectivity index (χ4n) is 1.96. The predicted molar refractivity (Wildman–Crippen MR) is 73.3 cm³/mol. The Bertz CT molecular complexity index is 519. The normalized spacial score (nSPS) is 12.7. The number of hydrogen-bond donors (Lipinski definition) is 1. The molecule has 4 nitrogen and oxygen atoms in total. The van der Waals surface area contributed by atoms with Crippen molar-refractivity contribution in [2.75, 3.05) is 0 Å². The van der Waals surface area contributed by atoms with Crippen LogP contribution in [0, 0.1) is 6.92 Å². The number of rotatable bonds is 4. The van der Waals surface area contributed by atoms with Crippen LogP contribution in [0.3, 0.4) is 0 Å². The first-order valence-corrected chi connectivity index (χ1v) is 6.74. The summed E-state index contributed by atoms with van der Waals surface area (Å²) in [6.07, 6.45) is 1.89. The molecule has 0 fully saturated rings. The van der Waals surface area contributed by atoms with E-state index >= 15 is 0 Å².